The lowest BCUT2D eigenvalue weighted by Crippen LogP contribution is -2.24. The second kappa shape index (κ2) is 7.05. The maximum atomic E-state index is 10.8. The van der Waals surface area contributed by atoms with Crippen LogP contribution in [0.5, 0.6) is 0 Å². The van der Waals surface area contributed by atoms with Gasteiger partial charge in [-0.3, -0.25) is 4.98 Å². The minimum absolute atomic E-state index is 0.278. The zero-order valence-corrected chi connectivity index (χ0v) is 13.8. The van der Waals surface area contributed by atoms with Crippen molar-refractivity contribution in [2.75, 3.05) is 5.73 Å². The molecule has 1 atom stereocenters. The zero-order chi connectivity index (χ0) is 17.8. The van der Waals surface area contributed by atoms with Crippen molar-refractivity contribution >= 4 is 11.8 Å². The molecule has 25 heavy (non-hydrogen) atoms. The SMILES string of the molecule is C[C@@H](NC(=O)O)c1ccc(-c2ncc(N)cc2-c2ccccc2)cc1. The minimum Gasteiger partial charge on any atom is -0.465 e. The molecule has 0 saturated heterocycles. The van der Waals surface area contributed by atoms with E-state index in [0.29, 0.717) is 5.69 Å². The average Bonchev–Trinajstić information content (AvgIpc) is 2.62. The molecular formula is C20H19N3O2. The predicted molar refractivity (Wildman–Crippen MR) is 99.1 cm³/mol. The molecule has 0 unspecified atom stereocenters. The molecule has 0 saturated carbocycles. The summed E-state index contributed by atoms with van der Waals surface area (Å²) >= 11 is 0. The van der Waals surface area contributed by atoms with Crippen LogP contribution in [0, 0.1) is 0 Å². The van der Waals surface area contributed by atoms with Gasteiger partial charge in [0.15, 0.2) is 0 Å². The second-order valence-corrected chi connectivity index (χ2v) is 5.82. The summed E-state index contributed by atoms with van der Waals surface area (Å²) in [6, 6.07) is 19.3. The number of hydrogen-bond acceptors (Lipinski definition) is 3. The molecule has 0 aliphatic heterocycles. The van der Waals surface area contributed by atoms with E-state index >= 15 is 0 Å². The number of aromatic nitrogens is 1. The van der Waals surface area contributed by atoms with E-state index in [1.165, 1.54) is 0 Å². The maximum Gasteiger partial charge on any atom is 0.405 e. The molecule has 0 spiro atoms. The molecule has 0 radical (unpaired) electrons. The molecule has 0 aliphatic carbocycles. The first-order valence-corrected chi connectivity index (χ1v) is 7.95. The molecule has 0 fully saturated rings. The predicted octanol–water partition coefficient (Wildman–Crippen LogP) is 4.33. The number of rotatable bonds is 4. The normalized spacial score (nSPS) is 11.7. The van der Waals surface area contributed by atoms with Crippen molar-refractivity contribution < 1.29 is 9.90 Å². The van der Waals surface area contributed by atoms with E-state index in [1.54, 1.807) is 13.1 Å². The lowest BCUT2D eigenvalue weighted by atomic mass is 9.97. The van der Waals surface area contributed by atoms with Crippen LogP contribution in [0.4, 0.5) is 10.5 Å². The Morgan fingerprint density at radius 2 is 1.76 bits per heavy atom. The van der Waals surface area contributed by atoms with Crippen LogP contribution in [0.1, 0.15) is 18.5 Å². The fourth-order valence-electron chi connectivity index (χ4n) is 2.75. The van der Waals surface area contributed by atoms with Gasteiger partial charge in [0.1, 0.15) is 0 Å². The number of anilines is 1. The van der Waals surface area contributed by atoms with Crippen molar-refractivity contribution in [2.24, 2.45) is 0 Å². The van der Waals surface area contributed by atoms with Crippen LogP contribution < -0.4 is 11.1 Å². The van der Waals surface area contributed by atoms with Gasteiger partial charge in [-0.15, -0.1) is 0 Å². The van der Waals surface area contributed by atoms with Crippen molar-refractivity contribution in [1.29, 1.82) is 0 Å². The summed E-state index contributed by atoms with van der Waals surface area (Å²) < 4.78 is 0. The first-order valence-electron chi connectivity index (χ1n) is 7.95. The molecule has 5 heteroatoms. The molecule has 1 amide bonds. The van der Waals surface area contributed by atoms with E-state index in [9.17, 15) is 4.79 Å². The Hall–Kier alpha value is -3.34. The Kier molecular flexibility index (Phi) is 4.66. The molecule has 3 aromatic rings. The van der Waals surface area contributed by atoms with Gasteiger partial charge in [0.2, 0.25) is 0 Å². The molecule has 0 aliphatic rings. The van der Waals surface area contributed by atoms with Crippen LogP contribution in [0.3, 0.4) is 0 Å². The maximum absolute atomic E-state index is 10.8. The molecular weight excluding hydrogens is 314 g/mol. The van der Waals surface area contributed by atoms with Crippen LogP contribution >= 0.6 is 0 Å². The highest BCUT2D eigenvalue weighted by Gasteiger charge is 2.12. The van der Waals surface area contributed by atoms with Gasteiger partial charge in [-0.1, -0.05) is 54.6 Å². The highest BCUT2D eigenvalue weighted by molar-refractivity contribution is 5.82. The van der Waals surface area contributed by atoms with Gasteiger partial charge in [-0.05, 0) is 24.1 Å². The Balaban J connectivity index is 1.98. The zero-order valence-electron chi connectivity index (χ0n) is 13.8. The summed E-state index contributed by atoms with van der Waals surface area (Å²) in [5, 5.41) is 11.3. The third kappa shape index (κ3) is 3.77. The van der Waals surface area contributed by atoms with Crippen LogP contribution in [0.25, 0.3) is 22.4 Å². The van der Waals surface area contributed by atoms with Crippen LogP contribution in [-0.4, -0.2) is 16.2 Å². The number of nitrogen functional groups attached to an aromatic ring is 1. The molecule has 1 aromatic heterocycles. The number of nitrogens with zero attached hydrogens (tertiary/aromatic N) is 1. The smallest absolute Gasteiger partial charge is 0.405 e. The molecule has 0 bridgehead atoms. The lowest BCUT2D eigenvalue weighted by molar-refractivity contribution is 0.191. The van der Waals surface area contributed by atoms with Gasteiger partial charge in [0.25, 0.3) is 0 Å². The van der Waals surface area contributed by atoms with E-state index in [-0.39, 0.29) is 6.04 Å². The first kappa shape index (κ1) is 16.5. The summed E-state index contributed by atoms with van der Waals surface area (Å²) in [5.41, 5.74) is 11.2. The van der Waals surface area contributed by atoms with E-state index < -0.39 is 6.09 Å². The number of benzene rings is 2. The van der Waals surface area contributed by atoms with Crippen LogP contribution in [0.15, 0.2) is 66.9 Å². The number of pyridine rings is 1. The van der Waals surface area contributed by atoms with E-state index in [1.807, 2.05) is 60.7 Å². The minimum atomic E-state index is -1.04. The van der Waals surface area contributed by atoms with Gasteiger partial charge in [0, 0.05) is 11.1 Å². The second-order valence-electron chi connectivity index (χ2n) is 5.82. The Morgan fingerprint density at radius 1 is 1.08 bits per heavy atom. The summed E-state index contributed by atoms with van der Waals surface area (Å²) in [7, 11) is 0. The molecule has 1 heterocycles. The number of amides is 1. The van der Waals surface area contributed by atoms with E-state index in [2.05, 4.69) is 10.3 Å². The van der Waals surface area contributed by atoms with Gasteiger partial charge in [0.05, 0.1) is 23.6 Å². The number of nitrogens with two attached hydrogens (primary N) is 1. The van der Waals surface area contributed by atoms with Crippen LogP contribution in [0.2, 0.25) is 0 Å². The largest absolute Gasteiger partial charge is 0.465 e. The van der Waals surface area contributed by atoms with E-state index in [0.717, 1.165) is 27.9 Å². The van der Waals surface area contributed by atoms with Crippen molar-refractivity contribution in [3.63, 3.8) is 0 Å². The number of nitrogens with one attached hydrogen (secondary N) is 1. The fourth-order valence-corrected chi connectivity index (χ4v) is 2.75. The van der Waals surface area contributed by atoms with E-state index in [4.69, 9.17) is 10.8 Å². The Labute approximate surface area is 146 Å². The molecule has 3 rings (SSSR count). The van der Waals surface area contributed by atoms with Crippen molar-refractivity contribution in [2.45, 2.75) is 13.0 Å². The van der Waals surface area contributed by atoms with Crippen molar-refractivity contribution in [3.05, 3.63) is 72.4 Å². The van der Waals surface area contributed by atoms with Crippen molar-refractivity contribution in [1.82, 2.24) is 10.3 Å². The topological polar surface area (TPSA) is 88.2 Å². The summed E-state index contributed by atoms with van der Waals surface area (Å²) in [6.45, 7) is 1.81. The highest BCUT2D eigenvalue weighted by atomic mass is 16.4. The number of carboxylic acid groups (broad SMARTS) is 1. The summed E-state index contributed by atoms with van der Waals surface area (Å²) in [5.74, 6) is 0. The molecule has 4 N–H and O–H groups in total. The quantitative estimate of drug-likeness (QED) is 0.663. The summed E-state index contributed by atoms with van der Waals surface area (Å²) in [4.78, 5) is 15.3. The Morgan fingerprint density at radius 3 is 2.40 bits per heavy atom. The molecule has 2 aromatic carbocycles. The summed E-state index contributed by atoms with van der Waals surface area (Å²) in [6.07, 6.45) is 0.604. The van der Waals surface area contributed by atoms with Gasteiger partial charge < -0.3 is 16.2 Å². The Bertz CT molecular complexity index is 877. The third-order valence-corrected chi connectivity index (χ3v) is 4.02. The van der Waals surface area contributed by atoms with Crippen LogP contribution in [-0.2, 0) is 0 Å². The first-order chi connectivity index (χ1) is 12.0. The fraction of sp³-hybridized carbons (Fsp3) is 0.100. The monoisotopic (exact) mass is 333 g/mol. The van der Waals surface area contributed by atoms with Gasteiger partial charge >= 0.3 is 6.09 Å². The van der Waals surface area contributed by atoms with Gasteiger partial charge in [-0.2, -0.15) is 0 Å². The van der Waals surface area contributed by atoms with Gasteiger partial charge in [-0.25, -0.2) is 4.79 Å². The highest BCUT2D eigenvalue weighted by Crippen LogP contribution is 2.32. The number of hydrogen-bond donors (Lipinski definition) is 3. The van der Waals surface area contributed by atoms with Crippen molar-refractivity contribution in [3.8, 4) is 22.4 Å². The third-order valence-electron chi connectivity index (χ3n) is 4.02. The lowest BCUT2D eigenvalue weighted by Gasteiger charge is -2.14. The molecule has 126 valence electrons. The number of carbonyl (C=O) groups is 1. The molecule has 5 nitrogen and oxygen atoms in total. The average molecular weight is 333 g/mol. The standard InChI is InChI=1S/C20H19N3O2/c1-13(23-20(24)25)14-7-9-16(10-8-14)19-18(11-17(21)12-22-19)15-5-3-2-4-6-15/h2-13,23H,21H2,1H3,(H,24,25)/t13-/m1/s1.